The molecule has 0 aromatic heterocycles. The van der Waals surface area contributed by atoms with E-state index in [-0.39, 0.29) is 18.0 Å². The molecule has 1 heterocycles. The Morgan fingerprint density at radius 2 is 1.87 bits per heavy atom. The maximum atomic E-state index is 12.3. The van der Waals surface area contributed by atoms with Gasteiger partial charge in [0.15, 0.2) is 0 Å². The summed E-state index contributed by atoms with van der Waals surface area (Å²) in [6.45, 7) is 5.80. The van der Waals surface area contributed by atoms with Crippen LogP contribution in [0.4, 0.5) is 4.79 Å². The van der Waals surface area contributed by atoms with Crippen LogP contribution < -0.4 is 5.32 Å². The highest BCUT2D eigenvalue weighted by Gasteiger charge is 2.24. The van der Waals surface area contributed by atoms with Gasteiger partial charge >= 0.3 is 6.09 Å². The number of hydrogen-bond acceptors (Lipinski definition) is 3. The van der Waals surface area contributed by atoms with Crippen molar-refractivity contribution in [2.24, 2.45) is 5.92 Å². The minimum absolute atomic E-state index is 0.0930. The molecule has 1 aromatic rings. The Morgan fingerprint density at radius 3 is 2.48 bits per heavy atom. The monoisotopic (exact) mass is 318 g/mol. The van der Waals surface area contributed by atoms with E-state index in [1.54, 1.807) is 0 Å². The average molecular weight is 318 g/mol. The smallest absolute Gasteiger partial charge is 0.407 e. The van der Waals surface area contributed by atoms with Gasteiger partial charge < -0.3 is 15.0 Å². The number of carbonyl (C=O) groups excluding carboxylic acids is 2. The van der Waals surface area contributed by atoms with Crippen LogP contribution in [0.2, 0.25) is 0 Å². The molecule has 1 N–H and O–H groups in total. The highest BCUT2D eigenvalue weighted by atomic mass is 16.5. The van der Waals surface area contributed by atoms with E-state index in [1.807, 2.05) is 49.1 Å². The number of ether oxygens (including phenoxy) is 1. The average Bonchev–Trinajstić information content (AvgIpc) is 2.54. The Hall–Kier alpha value is -2.04. The fourth-order valence-electron chi connectivity index (χ4n) is 2.61. The highest BCUT2D eigenvalue weighted by Crippen LogP contribution is 2.13. The van der Waals surface area contributed by atoms with Crippen molar-refractivity contribution in [3.05, 3.63) is 35.9 Å². The van der Waals surface area contributed by atoms with Crippen LogP contribution in [0.5, 0.6) is 0 Å². The first kappa shape index (κ1) is 17.3. The number of piperidine rings is 1. The molecule has 5 nitrogen and oxygen atoms in total. The van der Waals surface area contributed by atoms with Crippen molar-refractivity contribution < 1.29 is 14.3 Å². The summed E-state index contributed by atoms with van der Waals surface area (Å²) in [7, 11) is 0. The van der Waals surface area contributed by atoms with Gasteiger partial charge in [0.25, 0.3) is 0 Å². The number of amides is 2. The van der Waals surface area contributed by atoms with Gasteiger partial charge in [0.05, 0.1) is 13.0 Å². The SMILES string of the molecule is CC(C)COC(=O)NC1CCN(C(=O)Cc2ccccc2)CC1. The summed E-state index contributed by atoms with van der Waals surface area (Å²) in [5.74, 6) is 0.482. The summed E-state index contributed by atoms with van der Waals surface area (Å²) in [5.41, 5.74) is 1.04. The molecule has 1 aromatic carbocycles. The van der Waals surface area contributed by atoms with Crippen molar-refractivity contribution in [3.8, 4) is 0 Å². The second kappa shape index (κ2) is 8.56. The maximum absolute atomic E-state index is 12.3. The van der Waals surface area contributed by atoms with E-state index < -0.39 is 0 Å². The second-order valence-electron chi connectivity index (χ2n) is 6.45. The Balaban J connectivity index is 1.71. The van der Waals surface area contributed by atoms with E-state index in [2.05, 4.69) is 5.32 Å². The molecule has 2 rings (SSSR count). The van der Waals surface area contributed by atoms with Gasteiger partial charge in [0.2, 0.25) is 5.91 Å². The minimum atomic E-state index is -0.354. The Labute approximate surface area is 138 Å². The normalized spacial score (nSPS) is 15.5. The lowest BCUT2D eigenvalue weighted by molar-refractivity contribution is -0.131. The first-order valence-electron chi connectivity index (χ1n) is 8.29. The third-order valence-electron chi connectivity index (χ3n) is 3.92. The molecule has 2 amide bonds. The summed E-state index contributed by atoms with van der Waals surface area (Å²) in [4.78, 5) is 25.8. The Morgan fingerprint density at radius 1 is 1.22 bits per heavy atom. The lowest BCUT2D eigenvalue weighted by atomic mass is 10.0. The minimum Gasteiger partial charge on any atom is -0.449 e. The van der Waals surface area contributed by atoms with Crippen molar-refractivity contribution in [1.82, 2.24) is 10.2 Å². The summed E-state index contributed by atoms with van der Waals surface area (Å²) < 4.78 is 5.13. The molecule has 1 fully saturated rings. The number of likely N-dealkylation sites (tertiary alicyclic amines) is 1. The fraction of sp³-hybridized carbons (Fsp3) is 0.556. The maximum Gasteiger partial charge on any atom is 0.407 e. The third-order valence-corrected chi connectivity index (χ3v) is 3.92. The Bertz CT molecular complexity index is 508. The molecule has 0 bridgehead atoms. The molecule has 0 unspecified atom stereocenters. The summed E-state index contributed by atoms with van der Waals surface area (Å²) in [5, 5.41) is 2.88. The molecule has 0 saturated carbocycles. The summed E-state index contributed by atoms with van der Waals surface area (Å²) >= 11 is 0. The first-order chi connectivity index (χ1) is 11.0. The van der Waals surface area contributed by atoms with Crippen molar-refractivity contribution in [2.75, 3.05) is 19.7 Å². The van der Waals surface area contributed by atoms with E-state index >= 15 is 0 Å². The molecule has 0 spiro atoms. The van der Waals surface area contributed by atoms with E-state index in [1.165, 1.54) is 0 Å². The molecule has 1 aliphatic heterocycles. The van der Waals surface area contributed by atoms with E-state index in [0.29, 0.717) is 32.0 Å². The number of benzene rings is 1. The van der Waals surface area contributed by atoms with E-state index in [9.17, 15) is 9.59 Å². The first-order valence-corrected chi connectivity index (χ1v) is 8.29. The van der Waals surface area contributed by atoms with Crippen molar-refractivity contribution in [1.29, 1.82) is 0 Å². The number of alkyl carbamates (subject to hydrolysis) is 1. The number of hydrogen-bond donors (Lipinski definition) is 1. The Kier molecular flexibility index (Phi) is 6.44. The van der Waals surface area contributed by atoms with Crippen LogP contribution in [-0.4, -0.2) is 42.6 Å². The van der Waals surface area contributed by atoms with Gasteiger partial charge in [0, 0.05) is 19.1 Å². The van der Waals surface area contributed by atoms with Crippen LogP contribution in [0.15, 0.2) is 30.3 Å². The van der Waals surface area contributed by atoms with Gasteiger partial charge in [-0.25, -0.2) is 4.79 Å². The highest BCUT2D eigenvalue weighted by molar-refractivity contribution is 5.78. The lowest BCUT2D eigenvalue weighted by Gasteiger charge is -2.32. The van der Waals surface area contributed by atoms with E-state index in [0.717, 1.165) is 18.4 Å². The van der Waals surface area contributed by atoms with Crippen molar-refractivity contribution in [3.63, 3.8) is 0 Å². The number of nitrogens with one attached hydrogen (secondary N) is 1. The summed E-state index contributed by atoms with van der Waals surface area (Å²) in [6, 6.07) is 9.87. The lowest BCUT2D eigenvalue weighted by Crippen LogP contribution is -2.47. The summed E-state index contributed by atoms with van der Waals surface area (Å²) in [6.07, 6.45) is 1.64. The van der Waals surface area contributed by atoms with Crippen LogP contribution in [0.25, 0.3) is 0 Å². The molecule has 0 aliphatic carbocycles. The zero-order valence-electron chi connectivity index (χ0n) is 14.0. The predicted octanol–water partition coefficient (Wildman–Crippen LogP) is 2.60. The van der Waals surface area contributed by atoms with Crippen molar-refractivity contribution in [2.45, 2.75) is 39.2 Å². The van der Waals surface area contributed by atoms with Gasteiger partial charge in [0.1, 0.15) is 0 Å². The van der Waals surface area contributed by atoms with Crippen LogP contribution in [0.1, 0.15) is 32.3 Å². The molecule has 0 atom stereocenters. The molecule has 0 radical (unpaired) electrons. The number of carbonyl (C=O) groups is 2. The topological polar surface area (TPSA) is 58.6 Å². The zero-order valence-corrected chi connectivity index (χ0v) is 14.0. The molecule has 23 heavy (non-hydrogen) atoms. The van der Waals surface area contributed by atoms with Gasteiger partial charge in [-0.2, -0.15) is 0 Å². The molecule has 1 saturated heterocycles. The quantitative estimate of drug-likeness (QED) is 0.908. The standard InChI is InChI=1S/C18H26N2O3/c1-14(2)13-23-18(22)19-16-8-10-20(11-9-16)17(21)12-15-6-4-3-5-7-15/h3-7,14,16H,8-13H2,1-2H3,(H,19,22). The second-order valence-corrected chi connectivity index (χ2v) is 6.45. The van der Waals surface area contributed by atoms with E-state index in [4.69, 9.17) is 4.74 Å². The molecule has 126 valence electrons. The third kappa shape index (κ3) is 5.93. The van der Waals surface area contributed by atoms with Gasteiger partial charge in [-0.15, -0.1) is 0 Å². The van der Waals surface area contributed by atoms with Gasteiger partial charge in [-0.3, -0.25) is 4.79 Å². The van der Waals surface area contributed by atoms with Crippen LogP contribution >= 0.6 is 0 Å². The van der Waals surface area contributed by atoms with Gasteiger partial charge in [-0.05, 0) is 24.3 Å². The largest absolute Gasteiger partial charge is 0.449 e. The number of nitrogens with zero attached hydrogens (tertiary/aromatic N) is 1. The fourth-order valence-corrected chi connectivity index (χ4v) is 2.61. The van der Waals surface area contributed by atoms with Crippen LogP contribution in [-0.2, 0) is 16.0 Å². The van der Waals surface area contributed by atoms with Crippen LogP contribution in [0, 0.1) is 5.92 Å². The molecular formula is C18H26N2O3. The predicted molar refractivity (Wildman–Crippen MR) is 89.1 cm³/mol. The molecule has 1 aliphatic rings. The molecule has 5 heteroatoms. The molecular weight excluding hydrogens is 292 g/mol. The van der Waals surface area contributed by atoms with Gasteiger partial charge in [-0.1, -0.05) is 44.2 Å². The number of rotatable bonds is 5. The zero-order chi connectivity index (χ0) is 16.7. The van der Waals surface area contributed by atoms with Crippen LogP contribution in [0.3, 0.4) is 0 Å². The van der Waals surface area contributed by atoms with Crippen molar-refractivity contribution >= 4 is 12.0 Å².